The molecule has 1 amide bonds. The Bertz CT molecular complexity index is 601. The number of aromatic nitrogens is 4. The Labute approximate surface area is 120 Å². The van der Waals surface area contributed by atoms with Crippen molar-refractivity contribution in [3.05, 3.63) is 41.1 Å². The third-order valence-corrected chi connectivity index (χ3v) is 2.66. The van der Waals surface area contributed by atoms with Gasteiger partial charge in [0.05, 0.1) is 6.33 Å². The van der Waals surface area contributed by atoms with Crippen LogP contribution >= 0.6 is 0 Å². The molecule has 9 heteroatoms. The number of aromatic amines is 2. The van der Waals surface area contributed by atoms with Gasteiger partial charge in [0.1, 0.15) is 5.69 Å². The number of nitrogens with one attached hydrogen (secondary N) is 3. The maximum Gasteiger partial charge on any atom is 0.323 e. The molecule has 0 aliphatic heterocycles. The van der Waals surface area contributed by atoms with E-state index >= 15 is 0 Å². The fraction of sp³-hybridized carbons (Fsp3) is 0.333. The Kier molecular flexibility index (Phi) is 6.45. The summed E-state index contributed by atoms with van der Waals surface area (Å²) in [7, 11) is 0. The van der Waals surface area contributed by atoms with Gasteiger partial charge in [-0.1, -0.05) is 6.92 Å². The van der Waals surface area contributed by atoms with Crippen molar-refractivity contribution in [2.45, 2.75) is 25.9 Å². The van der Waals surface area contributed by atoms with Crippen molar-refractivity contribution in [3.8, 4) is 0 Å². The Balaban J connectivity index is 0.000000677. The lowest BCUT2D eigenvalue weighted by Crippen LogP contribution is -2.37. The number of nitrogens with zero attached hydrogens (tertiary/aromatic N) is 2. The Morgan fingerprint density at radius 2 is 2.33 bits per heavy atom. The summed E-state index contributed by atoms with van der Waals surface area (Å²) in [6.45, 7) is 2.39. The number of hydrogen-bond donors (Lipinski definition) is 4. The van der Waals surface area contributed by atoms with Crippen LogP contribution in [0, 0.1) is 0 Å². The smallest absolute Gasteiger partial charge is 0.323 e. The van der Waals surface area contributed by atoms with Crippen molar-refractivity contribution < 1.29 is 14.7 Å². The molecule has 1 unspecified atom stereocenters. The highest BCUT2D eigenvalue weighted by atomic mass is 16.3. The molecule has 0 aliphatic carbocycles. The number of imidazole rings is 2. The van der Waals surface area contributed by atoms with Crippen LogP contribution in [0.4, 0.5) is 0 Å². The van der Waals surface area contributed by atoms with E-state index in [9.17, 15) is 9.59 Å². The van der Waals surface area contributed by atoms with Crippen LogP contribution < -0.4 is 11.0 Å². The lowest BCUT2D eigenvalue weighted by molar-refractivity contribution is -0.122. The van der Waals surface area contributed by atoms with Crippen molar-refractivity contribution in [1.82, 2.24) is 24.8 Å². The van der Waals surface area contributed by atoms with E-state index in [4.69, 9.17) is 9.90 Å². The molecule has 2 heterocycles. The zero-order valence-electron chi connectivity index (χ0n) is 11.4. The van der Waals surface area contributed by atoms with Crippen LogP contribution in [0.3, 0.4) is 0 Å². The summed E-state index contributed by atoms with van der Waals surface area (Å²) in [5.41, 5.74) is -0.146. The first-order chi connectivity index (χ1) is 10.1. The summed E-state index contributed by atoms with van der Waals surface area (Å²) in [5, 5.41) is 9.75. The average Bonchev–Trinajstić information content (AvgIpc) is 3.10. The highest BCUT2D eigenvalue weighted by Gasteiger charge is 2.13. The van der Waals surface area contributed by atoms with E-state index in [1.54, 1.807) is 12.5 Å². The van der Waals surface area contributed by atoms with E-state index in [0.29, 0.717) is 6.54 Å². The molecule has 4 N–H and O–H groups in total. The van der Waals surface area contributed by atoms with Crippen molar-refractivity contribution in [3.63, 3.8) is 0 Å². The topological polar surface area (TPSA) is 133 Å². The molecule has 0 fully saturated rings. The second-order valence-electron chi connectivity index (χ2n) is 4.10. The number of carboxylic acid groups (broad SMARTS) is 1. The van der Waals surface area contributed by atoms with Gasteiger partial charge in [0.15, 0.2) is 0 Å². The second-order valence-corrected chi connectivity index (χ2v) is 4.10. The molecular formula is C12H17N5O4. The van der Waals surface area contributed by atoms with Crippen LogP contribution in [0.15, 0.2) is 29.7 Å². The van der Waals surface area contributed by atoms with Gasteiger partial charge in [-0.3, -0.25) is 9.59 Å². The number of rotatable bonds is 5. The van der Waals surface area contributed by atoms with Crippen LogP contribution in [-0.2, 0) is 11.3 Å². The molecule has 2 aromatic heterocycles. The highest BCUT2D eigenvalue weighted by Crippen LogP contribution is 1.99. The van der Waals surface area contributed by atoms with Crippen LogP contribution in [0.2, 0.25) is 0 Å². The van der Waals surface area contributed by atoms with E-state index < -0.39 is 0 Å². The van der Waals surface area contributed by atoms with Gasteiger partial charge in [0.25, 0.3) is 12.4 Å². The third-order valence-electron chi connectivity index (χ3n) is 2.66. The molecule has 0 bridgehead atoms. The molecule has 2 aromatic rings. The molecule has 0 aromatic carbocycles. The van der Waals surface area contributed by atoms with Crippen LogP contribution in [0.1, 0.15) is 23.8 Å². The number of amides is 1. The number of H-pyrrole nitrogens is 2. The van der Waals surface area contributed by atoms with Gasteiger partial charge < -0.3 is 25.0 Å². The van der Waals surface area contributed by atoms with Crippen molar-refractivity contribution in [2.24, 2.45) is 0 Å². The Morgan fingerprint density at radius 1 is 1.62 bits per heavy atom. The molecule has 2 rings (SSSR count). The number of carbonyl (C=O) groups excluding carboxylic acids is 1. The molecule has 0 saturated carbocycles. The van der Waals surface area contributed by atoms with Gasteiger partial charge in [-0.2, -0.15) is 0 Å². The minimum atomic E-state index is -0.386. The van der Waals surface area contributed by atoms with Crippen molar-refractivity contribution >= 4 is 12.4 Å². The van der Waals surface area contributed by atoms with Gasteiger partial charge in [-0.05, 0) is 6.42 Å². The first-order valence-electron chi connectivity index (χ1n) is 6.22. The number of hydrogen-bond acceptors (Lipinski definition) is 4. The normalized spacial score (nSPS) is 11.1. The van der Waals surface area contributed by atoms with Gasteiger partial charge in [-0.15, -0.1) is 0 Å². The maximum atomic E-state index is 11.8. The van der Waals surface area contributed by atoms with Gasteiger partial charge in [0, 0.05) is 31.2 Å². The molecule has 1 atom stereocenters. The van der Waals surface area contributed by atoms with Crippen molar-refractivity contribution in [2.75, 3.05) is 0 Å². The Morgan fingerprint density at radius 3 is 2.81 bits per heavy atom. The summed E-state index contributed by atoms with van der Waals surface area (Å²) in [4.78, 5) is 39.9. The van der Waals surface area contributed by atoms with Crippen LogP contribution in [0.5, 0.6) is 0 Å². The standard InChI is InChI=1S/C11H15N5O2.CH2O2/c1-2-8(6-16-4-3-12-7-16)14-10(17)9-5-13-11(18)15-9;2-1-3/h3-5,7-8H,2,6H2,1H3,(H,14,17)(H2,13,15,18);1H,(H,2,3). The molecular weight excluding hydrogens is 278 g/mol. The van der Waals surface area contributed by atoms with E-state index in [0.717, 1.165) is 6.42 Å². The molecule has 0 aliphatic rings. The van der Waals surface area contributed by atoms with Crippen LogP contribution in [0.25, 0.3) is 0 Å². The predicted octanol–water partition coefficient (Wildman–Crippen LogP) is -0.191. The monoisotopic (exact) mass is 295 g/mol. The zero-order chi connectivity index (χ0) is 15.7. The Hall–Kier alpha value is -2.84. The third kappa shape index (κ3) is 5.35. The SMILES string of the molecule is CCC(Cn1ccnc1)NC(=O)c1c[nH]c(=O)[nH]1.O=CO. The molecule has 0 radical (unpaired) electrons. The van der Waals surface area contributed by atoms with Gasteiger partial charge >= 0.3 is 5.69 Å². The van der Waals surface area contributed by atoms with E-state index in [2.05, 4.69) is 20.3 Å². The molecule has 0 spiro atoms. The van der Waals surface area contributed by atoms with Crippen LogP contribution in [-0.4, -0.2) is 43.0 Å². The van der Waals surface area contributed by atoms with Crippen molar-refractivity contribution in [1.29, 1.82) is 0 Å². The maximum absolute atomic E-state index is 11.8. The highest BCUT2D eigenvalue weighted by molar-refractivity contribution is 5.92. The summed E-state index contributed by atoms with van der Waals surface area (Å²) in [5.74, 6) is -0.291. The summed E-state index contributed by atoms with van der Waals surface area (Å²) in [6, 6.07) is -0.00916. The molecule has 9 nitrogen and oxygen atoms in total. The minimum absolute atomic E-state index is 0.00916. The lowest BCUT2D eigenvalue weighted by Gasteiger charge is -2.16. The first-order valence-corrected chi connectivity index (χ1v) is 6.22. The molecule has 21 heavy (non-hydrogen) atoms. The van der Waals surface area contributed by atoms with E-state index in [-0.39, 0.29) is 29.8 Å². The van der Waals surface area contributed by atoms with Gasteiger partial charge in [0.2, 0.25) is 0 Å². The quantitative estimate of drug-likeness (QED) is 0.567. The van der Waals surface area contributed by atoms with Gasteiger partial charge in [-0.25, -0.2) is 9.78 Å². The fourth-order valence-electron chi connectivity index (χ4n) is 1.64. The number of carbonyl (C=O) groups is 2. The zero-order valence-corrected chi connectivity index (χ0v) is 11.4. The molecule has 114 valence electrons. The fourth-order valence-corrected chi connectivity index (χ4v) is 1.64. The average molecular weight is 295 g/mol. The second kappa shape index (κ2) is 8.35. The first kappa shape index (κ1) is 16.2. The van der Waals surface area contributed by atoms with E-state index in [1.807, 2.05) is 17.7 Å². The van der Waals surface area contributed by atoms with E-state index in [1.165, 1.54) is 6.20 Å². The predicted molar refractivity (Wildman–Crippen MR) is 73.9 cm³/mol. The summed E-state index contributed by atoms with van der Waals surface area (Å²) >= 11 is 0. The largest absolute Gasteiger partial charge is 0.483 e. The summed E-state index contributed by atoms with van der Waals surface area (Å²) in [6.07, 6.45) is 7.39. The minimum Gasteiger partial charge on any atom is -0.483 e. The lowest BCUT2D eigenvalue weighted by atomic mass is 10.2. The summed E-state index contributed by atoms with van der Waals surface area (Å²) < 4.78 is 1.90. The molecule has 0 saturated heterocycles.